The van der Waals surface area contributed by atoms with Gasteiger partial charge in [-0.15, -0.1) is 0 Å². The summed E-state index contributed by atoms with van der Waals surface area (Å²) in [5, 5.41) is 13.0. The van der Waals surface area contributed by atoms with Crippen LogP contribution in [0.4, 0.5) is 0 Å². The van der Waals surface area contributed by atoms with E-state index in [2.05, 4.69) is 10.1 Å². The minimum atomic E-state index is -0.0542. The SMILES string of the molecule is CN(CCC#N)C(=O)CCc1nc(-c2ccc(Cl)cc2)no1. The molecule has 0 aliphatic heterocycles. The van der Waals surface area contributed by atoms with Gasteiger partial charge in [0.2, 0.25) is 17.6 Å². The van der Waals surface area contributed by atoms with Crippen molar-refractivity contribution in [3.63, 3.8) is 0 Å². The molecule has 7 heteroatoms. The van der Waals surface area contributed by atoms with Crippen molar-refractivity contribution in [3.8, 4) is 17.5 Å². The number of carbonyl (C=O) groups is 1. The fourth-order valence-electron chi connectivity index (χ4n) is 1.82. The van der Waals surface area contributed by atoms with Crippen LogP contribution in [-0.2, 0) is 11.2 Å². The quantitative estimate of drug-likeness (QED) is 0.817. The molecule has 6 nitrogen and oxygen atoms in total. The molecule has 0 aliphatic carbocycles. The van der Waals surface area contributed by atoms with Crippen LogP contribution >= 0.6 is 11.6 Å². The van der Waals surface area contributed by atoms with Crippen molar-refractivity contribution in [1.82, 2.24) is 15.0 Å². The number of benzene rings is 1. The molecule has 114 valence electrons. The largest absolute Gasteiger partial charge is 0.345 e. The predicted octanol–water partition coefficient (Wildman–Crippen LogP) is 2.69. The van der Waals surface area contributed by atoms with Gasteiger partial charge in [-0.2, -0.15) is 10.2 Å². The zero-order valence-corrected chi connectivity index (χ0v) is 12.9. The van der Waals surface area contributed by atoms with Gasteiger partial charge in [0.1, 0.15) is 0 Å². The molecule has 1 aromatic carbocycles. The third-order valence-corrected chi connectivity index (χ3v) is 3.36. The summed E-state index contributed by atoms with van der Waals surface area (Å²) in [7, 11) is 1.67. The van der Waals surface area contributed by atoms with Gasteiger partial charge in [-0.05, 0) is 24.3 Å². The van der Waals surface area contributed by atoms with Crippen LogP contribution < -0.4 is 0 Å². The van der Waals surface area contributed by atoms with E-state index in [1.807, 2.05) is 6.07 Å². The zero-order chi connectivity index (χ0) is 15.9. The Hall–Kier alpha value is -2.39. The van der Waals surface area contributed by atoms with Crippen molar-refractivity contribution in [2.45, 2.75) is 19.3 Å². The van der Waals surface area contributed by atoms with Crippen molar-refractivity contribution in [2.24, 2.45) is 0 Å². The molecule has 0 fully saturated rings. The fourth-order valence-corrected chi connectivity index (χ4v) is 1.95. The topological polar surface area (TPSA) is 83.0 Å². The van der Waals surface area contributed by atoms with Crippen LogP contribution in [0.1, 0.15) is 18.7 Å². The van der Waals surface area contributed by atoms with E-state index in [9.17, 15) is 4.79 Å². The molecule has 22 heavy (non-hydrogen) atoms. The van der Waals surface area contributed by atoms with Crippen LogP contribution in [0.2, 0.25) is 5.02 Å². The number of nitriles is 1. The van der Waals surface area contributed by atoms with Gasteiger partial charge in [0.15, 0.2) is 0 Å². The number of nitrogens with zero attached hydrogens (tertiary/aromatic N) is 4. The number of hydrogen-bond acceptors (Lipinski definition) is 5. The van der Waals surface area contributed by atoms with Crippen molar-refractivity contribution in [2.75, 3.05) is 13.6 Å². The van der Waals surface area contributed by atoms with Crippen molar-refractivity contribution in [1.29, 1.82) is 5.26 Å². The Balaban J connectivity index is 1.91. The molecular weight excluding hydrogens is 304 g/mol. The number of carbonyl (C=O) groups excluding carboxylic acids is 1. The van der Waals surface area contributed by atoms with Gasteiger partial charge in [0.25, 0.3) is 0 Å². The molecule has 1 aromatic heterocycles. The first kappa shape index (κ1) is 16.0. The lowest BCUT2D eigenvalue weighted by molar-refractivity contribution is -0.129. The Bertz CT molecular complexity index is 676. The van der Waals surface area contributed by atoms with E-state index >= 15 is 0 Å². The number of amides is 1. The molecule has 2 aromatic rings. The zero-order valence-electron chi connectivity index (χ0n) is 12.1. The maximum Gasteiger partial charge on any atom is 0.227 e. The first-order chi connectivity index (χ1) is 10.6. The lowest BCUT2D eigenvalue weighted by Gasteiger charge is -2.14. The van der Waals surface area contributed by atoms with Gasteiger partial charge in [0.05, 0.1) is 12.5 Å². The number of rotatable bonds is 6. The lowest BCUT2D eigenvalue weighted by atomic mass is 10.2. The highest BCUT2D eigenvalue weighted by atomic mass is 35.5. The smallest absolute Gasteiger partial charge is 0.227 e. The molecule has 0 saturated carbocycles. The molecule has 0 aliphatic rings. The Morgan fingerprint density at radius 3 is 2.82 bits per heavy atom. The maximum absolute atomic E-state index is 11.8. The Labute approximate surface area is 133 Å². The summed E-state index contributed by atoms with van der Waals surface area (Å²) >= 11 is 5.83. The molecule has 0 bridgehead atoms. The highest BCUT2D eigenvalue weighted by Gasteiger charge is 2.13. The van der Waals surface area contributed by atoms with Gasteiger partial charge in [-0.3, -0.25) is 4.79 Å². The minimum absolute atomic E-state index is 0.0542. The van der Waals surface area contributed by atoms with Gasteiger partial charge < -0.3 is 9.42 Å². The van der Waals surface area contributed by atoms with Gasteiger partial charge in [-0.25, -0.2) is 0 Å². The number of aromatic nitrogens is 2. The first-order valence-electron chi connectivity index (χ1n) is 6.79. The summed E-state index contributed by atoms with van der Waals surface area (Å²) < 4.78 is 5.14. The van der Waals surface area contributed by atoms with E-state index < -0.39 is 0 Å². The predicted molar refractivity (Wildman–Crippen MR) is 80.9 cm³/mol. The molecule has 0 spiro atoms. The average molecular weight is 319 g/mol. The normalized spacial score (nSPS) is 10.2. The molecule has 0 unspecified atom stereocenters. The Kier molecular flexibility index (Phi) is 5.50. The number of hydrogen-bond donors (Lipinski definition) is 0. The molecular formula is C15H15ClN4O2. The van der Waals surface area contributed by atoms with Crippen LogP contribution in [0.5, 0.6) is 0 Å². The number of aryl methyl sites for hydroxylation is 1. The molecule has 1 amide bonds. The van der Waals surface area contributed by atoms with Crippen LogP contribution in [0, 0.1) is 11.3 Å². The summed E-state index contributed by atoms with van der Waals surface area (Å²) in [5.41, 5.74) is 0.803. The second-order valence-corrected chi connectivity index (χ2v) is 5.18. The summed E-state index contributed by atoms with van der Waals surface area (Å²) in [6.07, 6.45) is 0.962. The second-order valence-electron chi connectivity index (χ2n) is 4.74. The highest BCUT2D eigenvalue weighted by Crippen LogP contribution is 2.19. The van der Waals surface area contributed by atoms with Crippen LogP contribution in [-0.4, -0.2) is 34.5 Å². The van der Waals surface area contributed by atoms with Crippen LogP contribution in [0.25, 0.3) is 11.4 Å². The lowest BCUT2D eigenvalue weighted by Crippen LogP contribution is -2.27. The van der Waals surface area contributed by atoms with Crippen molar-refractivity contribution in [3.05, 3.63) is 35.2 Å². The average Bonchev–Trinajstić information content (AvgIpc) is 2.99. The van der Waals surface area contributed by atoms with E-state index in [1.54, 1.807) is 31.3 Å². The van der Waals surface area contributed by atoms with Crippen LogP contribution in [0.15, 0.2) is 28.8 Å². The standard InChI is InChI=1S/C15H15ClN4O2/c1-20(10-2-9-17)14(21)8-7-13-18-15(19-22-13)11-3-5-12(16)6-4-11/h3-6H,2,7-8,10H2,1H3. The van der Waals surface area contributed by atoms with Gasteiger partial charge in [-0.1, -0.05) is 16.8 Å². The van der Waals surface area contributed by atoms with Crippen molar-refractivity contribution < 1.29 is 9.32 Å². The second kappa shape index (κ2) is 7.57. The van der Waals surface area contributed by atoms with E-state index in [0.717, 1.165) is 5.56 Å². The summed E-state index contributed by atoms with van der Waals surface area (Å²) in [6.45, 7) is 0.426. The summed E-state index contributed by atoms with van der Waals surface area (Å²) in [5.74, 6) is 0.824. The summed E-state index contributed by atoms with van der Waals surface area (Å²) in [4.78, 5) is 17.6. The Morgan fingerprint density at radius 1 is 1.41 bits per heavy atom. The molecule has 0 saturated heterocycles. The third-order valence-electron chi connectivity index (χ3n) is 3.11. The first-order valence-corrected chi connectivity index (χ1v) is 7.17. The molecule has 0 radical (unpaired) electrons. The van der Waals surface area contributed by atoms with Gasteiger partial charge >= 0.3 is 0 Å². The maximum atomic E-state index is 11.8. The van der Waals surface area contributed by atoms with Crippen molar-refractivity contribution >= 4 is 17.5 Å². The molecule has 2 rings (SSSR count). The van der Waals surface area contributed by atoms with E-state index in [4.69, 9.17) is 21.4 Å². The van der Waals surface area contributed by atoms with E-state index in [-0.39, 0.29) is 12.3 Å². The summed E-state index contributed by atoms with van der Waals surface area (Å²) in [6, 6.07) is 9.12. The van der Waals surface area contributed by atoms with Gasteiger partial charge in [0, 0.05) is 37.0 Å². The van der Waals surface area contributed by atoms with E-state index in [1.165, 1.54) is 4.90 Å². The molecule has 1 heterocycles. The molecule has 0 N–H and O–H groups in total. The monoisotopic (exact) mass is 318 g/mol. The Morgan fingerprint density at radius 2 is 2.14 bits per heavy atom. The fraction of sp³-hybridized carbons (Fsp3) is 0.333. The van der Waals surface area contributed by atoms with E-state index in [0.29, 0.717) is 36.1 Å². The third kappa shape index (κ3) is 4.30. The number of halogens is 1. The van der Waals surface area contributed by atoms with Crippen LogP contribution in [0.3, 0.4) is 0 Å². The molecule has 0 atom stereocenters. The minimum Gasteiger partial charge on any atom is -0.345 e. The highest BCUT2D eigenvalue weighted by molar-refractivity contribution is 6.30.